The minimum atomic E-state index is -0.0283. The maximum atomic E-state index is 11.8. The second-order valence-electron chi connectivity index (χ2n) is 4.14. The molecule has 0 radical (unpaired) electrons. The zero-order valence-corrected chi connectivity index (χ0v) is 12.5. The SMILES string of the molecule is O=C(Cc1ccc(Cl)cc1Cl)NCCc1ccsc1. The van der Waals surface area contributed by atoms with E-state index < -0.39 is 0 Å². The Morgan fingerprint density at radius 2 is 2.11 bits per heavy atom. The van der Waals surface area contributed by atoms with Crippen LogP contribution >= 0.6 is 34.5 Å². The van der Waals surface area contributed by atoms with Crippen LogP contribution in [-0.2, 0) is 17.6 Å². The summed E-state index contributed by atoms with van der Waals surface area (Å²) in [7, 11) is 0. The quantitative estimate of drug-likeness (QED) is 0.889. The molecule has 0 atom stereocenters. The number of amides is 1. The molecule has 0 aliphatic carbocycles. The van der Waals surface area contributed by atoms with E-state index in [0.29, 0.717) is 16.6 Å². The maximum Gasteiger partial charge on any atom is 0.224 e. The fraction of sp³-hybridized carbons (Fsp3) is 0.214. The molecule has 2 rings (SSSR count). The summed E-state index contributed by atoms with van der Waals surface area (Å²) in [6.07, 6.45) is 1.13. The lowest BCUT2D eigenvalue weighted by Gasteiger charge is -2.06. The van der Waals surface area contributed by atoms with E-state index in [0.717, 1.165) is 12.0 Å². The molecule has 0 saturated heterocycles. The number of benzene rings is 1. The van der Waals surface area contributed by atoms with Gasteiger partial charge in [0.25, 0.3) is 0 Å². The third kappa shape index (κ3) is 4.53. The minimum absolute atomic E-state index is 0.0283. The fourth-order valence-corrected chi connectivity index (χ4v) is 2.86. The molecule has 0 aliphatic heterocycles. The Balaban J connectivity index is 1.80. The Bertz CT molecular complexity index is 555. The topological polar surface area (TPSA) is 29.1 Å². The van der Waals surface area contributed by atoms with Gasteiger partial charge in [-0.3, -0.25) is 4.79 Å². The summed E-state index contributed by atoms with van der Waals surface area (Å²) >= 11 is 13.5. The van der Waals surface area contributed by atoms with Crippen molar-refractivity contribution in [3.63, 3.8) is 0 Å². The first-order valence-electron chi connectivity index (χ1n) is 5.87. The first-order valence-corrected chi connectivity index (χ1v) is 7.57. The van der Waals surface area contributed by atoms with E-state index in [2.05, 4.69) is 16.8 Å². The molecular formula is C14H13Cl2NOS. The van der Waals surface area contributed by atoms with Gasteiger partial charge in [0.05, 0.1) is 6.42 Å². The Labute approximate surface area is 126 Å². The predicted molar refractivity (Wildman–Crippen MR) is 81.2 cm³/mol. The van der Waals surface area contributed by atoms with Crippen molar-refractivity contribution in [1.29, 1.82) is 0 Å². The summed E-state index contributed by atoms with van der Waals surface area (Å²) in [6, 6.07) is 7.23. The van der Waals surface area contributed by atoms with Crippen LogP contribution in [0.5, 0.6) is 0 Å². The van der Waals surface area contributed by atoms with Gasteiger partial charge in [0, 0.05) is 16.6 Å². The average Bonchev–Trinajstić information content (AvgIpc) is 2.86. The molecule has 0 fully saturated rings. The van der Waals surface area contributed by atoms with Crippen LogP contribution in [-0.4, -0.2) is 12.5 Å². The molecule has 1 amide bonds. The summed E-state index contributed by atoms with van der Waals surface area (Å²) in [5.41, 5.74) is 2.04. The molecule has 1 aromatic heterocycles. The Kier molecular flexibility index (Phi) is 5.25. The van der Waals surface area contributed by atoms with Gasteiger partial charge in [-0.1, -0.05) is 29.3 Å². The van der Waals surface area contributed by atoms with Crippen molar-refractivity contribution in [3.8, 4) is 0 Å². The van der Waals surface area contributed by atoms with Gasteiger partial charge in [0.15, 0.2) is 0 Å². The number of halogens is 2. The Hall–Kier alpha value is -1.03. The second-order valence-corrected chi connectivity index (χ2v) is 5.77. The average molecular weight is 314 g/mol. The highest BCUT2D eigenvalue weighted by Gasteiger charge is 2.07. The molecule has 2 nitrogen and oxygen atoms in total. The molecule has 1 aromatic carbocycles. The van der Waals surface area contributed by atoms with Gasteiger partial charge in [-0.25, -0.2) is 0 Å². The largest absolute Gasteiger partial charge is 0.355 e. The van der Waals surface area contributed by atoms with Crippen molar-refractivity contribution in [2.75, 3.05) is 6.54 Å². The molecule has 0 aliphatic rings. The van der Waals surface area contributed by atoms with Gasteiger partial charge < -0.3 is 5.32 Å². The van der Waals surface area contributed by atoms with Gasteiger partial charge >= 0.3 is 0 Å². The van der Waals surface area contributed by atoms with E-state index in [-0.39, 0.29) is 12.3 Å². The van der Waals surface area contributed by atoms with E-state index in [1.165, 1.54) is 5.56 Å². The van der Waals surface area contributed by atoms with Crippen molar-refractivity contribution >= 4 is 40.4 Å². The smallest absolute Gasteiger partial charge is 0.224 e. The van der Waals surface area contributed by atoms with Crippen LogP contribution in [0.2, 0.25) is 10.0 Å². The normalized spacial score (nSPS) is 10.4. The molecule has 19 heavy (non-hydrogen) atoms. The number of hydrogen-bond donors (Lipinski definition) is 1. The standard InChI is InChI=1S/C14H13Cl2NOS/c15-12-2-1-11(13(16)8-12)7-14(18)17-5-3-10-4-6-19-9-10/h1-2,4,6,8-9H,3,5,7H2,(H,17,18). The predicted octanol–water partition coefficient (Wildman–Crippen LogP) is 3.96. The van der Waals surface area contributed by atoms with E-state index in [9.17, 15) is 4.79 Å². The minimum Gasteiger partial charge on any atom is -0.355 e. The van der Waals surface area contributed by atoms with Crippen LogP contribution in [0.4, 0.5) is 0 Å². The third-order valence-corrected chi connectivity index (χ3v) is 4.00. The Morgan fingerprint density at radius 1 is 1.26 bits per heavy atom. The van der Waals surface area contributed by atoms with E-state index in [4.69, 9.17) is 23.2 Å². The summed E-state index contributed by atoms with van der Waals surface area (Å²) < 4.78 is 0. The van der Waals surface area contributed by atoms with Crippen LogP contribution in [0.1, 0.15) is 11.1 Å². The number of thiophene rings is 1. The van der Waals surface area contributed by atoms with Gasteiger partial charge in [0.2, 0.25) is 5.91 Å². The maximum absolute atomic E-state index is 11.8. The zero-order valence-electron chi connectivity index (χ0n) is 10.2. The number of hydrogen-bond acceptors (Lipinski definition) is 2. The lowest BCUT2D eigenvalue weighted by molar-refractivity contribution is -0.120. The van der Waals surface area contributed by atoms with Gasteiger partial charge in [-0.2, -0.15) is 11.3 Å². The van der Waals surface area contributed by atoms with Crippen LogP contribution in [0, 0.1) is 0 Å². The van der Waals surface area contributed by atoms with E-state index in [1.807, 2.05) is 5.38 Å². The molecular weight excluding hydrogens is 301 g/mol. The van der Waals surface area contributed by atoms with Gasteiger partial charge in [-0.05, 0) is 46.5 Å². The number of carbonyl (C=O) groups is 1. The monoisotopic (exact) mass is 313 g/mol. The van der Waals surface area contributed by atoms with Crippen molar-refractivity contribution in [2.24, 2.45) is 0 Å². The molecule has 1 N–H and O–H groups in total. The zero-order chi connectivity index (χ0) is 13.7. The molecule has 0 spiro atoms. The van der Waals surface area contributed by atoms with Gasteiger partial charge in [0.1, 0.15) is 0 Å². The van der Waals surface area contributed by atoms with E-state index >= 15 is 0 Å². The summed E-state index contributed by atoms with van der Waals surface area (Å²) in [5, 5.41) is 8.11. The molecule has 5 heteroatoms. The fourth-order valence-electron chi connectivity index (χ4n) is 1.68. The lowest BCUT2D eigenvalue weighted by Crippen LogP contribution is -2.27. The number of nitrogens with one attached hydrogen (secondary N) is 1. The summed E-state index contributed by atoms with van der Waals surface area (Å²) in [4.78, 5) is 11.8. The first-order chi connectivity index (χ1) is 9.15. The molecule has 100 valence electrons. The molecule has 0 bridgehead atoms. The number of rotatable bonds is 5. The van der Waals surface area contributed by atoms with Gasteiger partial charge in [-0.15, -0.1) is 0 Å². The molecule has 2 aromatic rings. The highest BCUT2D eigenvalue weighted by Crippen LogP contribution is 2.21. The summed E-state index contributed by atoms with van der Waals surface area (Å²) in [5.74, 6) is -0.0283. The Morgan fingerprint density at radius 3 is 2.79 bits per heavy atom. The highest BCUT2D eigenvalue weighted by molar-refractivity contribution is 7.07. The molecule has 0 saturated carbocycles. The van der Waals surface area contributed by atoms with Crippen LogP contribution in [0.3, 0.4) is 0 Å². The van der Waals surface area contributed by atoms with Crippen molar-refractivity contribution in [1.82, 2.24) is 5.32 Å². The summed E-state index contributed by atoms with van der Waals surface area (Å²) in [6.45, 7) is 0.640. The number of carbonyl (C=O) groups excluding carboxylic acids is 1. The molecule has 0 unspecified atom stereocenters. The van der Waals surface area contributed by atoms with E-state index in [1.54, 1.807) is 29.5 Å². The second kappa shape index (κ2) is 6.94. The highest BCUT2D eigenvalue weighted by atomic mass is 35.5. The van der Waals surface area contributed by atoms with Crippen molar-refractivity contribution in [3.05, 3.63) is 56.2 Å². The van der Waals surface area contributed by atoms with Crippen molar-refractivity contribution in [2.45, 2.75) is 12.8 Å². The van der Waals surface area contributed by atoms with Crippen LogP contribution < -0.4 is 5.32 Å². The van der Waals surface area contributed by atoms with Crippen molar-refractivity contribution < 1.29 is 4.79 Å². The molecule has 1 heterocycles. The van der Waals surface area contributed by atoms with Crippen LogP contribution in [0.25, 0.3) is 0 Å². The third-order valence-electron chi connectivity index (χ3n) is 2.68. The van der Waals surface area contributed by atoms with Crippen LogP contribution in [0.15, 0.2) is 35.0 Å². The lowest BCUT2D eigenvalue weighted by atomic mass is 10.1. The first kappa shape index (κ1) is 14.4.